The largest absolute Gasteiger partial charge is 0.390 e. The normalized spacial score (nSPS) is 12.2. The predicted octanol–water partition coefficient (Wildman–Crippen LogP) is 3.07. The van der Waals surface area contributed by atoms with Gasteiger partial charge >= 0.3 is 6.18 Å². The molecular weight excluding hydrogens is 273 g/mol. The van der Waals surface area contributed by atoms with Crippen LogP contribution in [0.15, 0.2) is 16.2 Å². The molecule has 0 aliphatic heterocycles. The average Bonchev–Trinajstić information content (AvgIpc) is 2.63. The summed E-state index contributed by atoms with van der Waals surface area (Å²) >= 11 is 6.16. The summed E-state index contributed by atoms with van der Waals surface area (Å²) in [5, 5.41) is 2.05. The SMILES string of the molecule is O=c1c2ccsc2[nH]c(=S)n1CCC(F)(F)F. The molecule has 0 saturated carbocycles. The molecule has 0 fully saturated rings. The van der Waals surface area contributed by atoms with E-state index in [1.54, 1.807) is 11.4 Å². The average molecular weight is 280 g/mol. The Labute approximate surface area is 103 Å². The van der Waals surface area contributed by atoms with Gasteiger partial charge < -0.3 is 4.98 Å². The lowest BCUT2D eigenvalue weighted by atomic mass is 10.4. The van der Waals surface area contributed by atoms with Gasteiger partial charge in [0.1, 0.15) is 4.83 Å². The van der Waals surface area contributed by atoms with Gasteiger partial charge in [0.15, 0.2) is 4.77 Å². The maximum absolute atomic E-state index is 12.1. The number of thiophene rings is 1. The molecule has 17 heavy (non-hydrogen) atoms. The van der Waals surface area contributed by atoms with E-state index in [1.165, 1.54) is 11.3 Å². The molecular formula is C9H7F3N2OS2. The van der Waals surface area contributed by atoms with Crippen LogP contribution in [0.4, 0.5) is 13.2 Å². The Morgan fingerprint density at radius 3 is 2.82 bits per heavy atom. The summed E-state index contributed by atoms with van der Waals surface area (Å²) in [5.74, 6) is 0. The number of hydrogen-bond donors (Lipinski definition) is 1. The Hall–Kier alpha value is -1.15. The van der Waals surface area contributed by atoms with Crippen molar-refractivity contribution in [3.05, 3.63) is 26.6 Å². The first-order valence-electron chi connectivity index (χ1n) is 4.65. The Morgan fingerprint density at radius 2 is 2.18 bits per heavy atom. The van der Waals surface area contributed by atoms with Crippen molar-refractivity contribution in [2.45, 2.75) is 19.1 Å². The van der Waals surface area contributed by atoms with Crippen molar-refractivity contribution >= 4 is 33.8 Å². The van der Waals surface area contributed by atoms with Gasteiger partial charge in [-0.2, -0.15) is 13.2 Å². The van der Waals surface area contributed by atoms with E-state index in [2.05, 4.69) is 4.98 Å². The van der Waals surface area contributed by atoms with Crippen molar-refractivity contribution in [2.24, 2.45) is 0 Å². The van der Waals surface area contributed by atoms with Gasteiger partial charge in [0.25, 0.3) is 5.56 Å². The van der Waals surface area contributed by atoms with Gasteiger partial charge in [0.2, 0.25) is 0 Å². The molecule has 0 amide bonds. The van der Waals surface area contributed by atoms with Gasteiger partial charge in [-0.3, -0.25) is 9.36 Å². The molecule has 0 spiro atoms. The number of alkyl halides is 3. The van der Waals surface area contributed by atoms with Crippen molar-refractivity contribution in [3.8, 4) is 0 Å². The molecule has 92 valence electrons. The predicted molar refractivity (Wildman–Crippen MR) is 61.9 cm³/mol. The zero-order valence-electron chi connectivity index (χ0n) is 8.37. The van der Waals surface area contributed by atoms with Gasteiger partial charge in [0, 0.05) is 6.54 Å². The van der Waals surface area contributed by atoms with Crippen LogP contribution in [0.1, 0.15) is 6.42 Å². The molecule has 0 atom stereocenters. The molecule has 8 heteroatoms. The van der Waals surface area contributed by atoms with Crippen LogP contribution in [0.5, 0.6) is 0 Å². The Kier molecular flexibility index (Phi) is 3.09. The van der Waals surface area contributed by atoms with Crippen LogP contribution in [-0.4, -0.2) is 15.7 Å². The number of halogens is 3. The number of nitrogens with one attached hydrogen (secondary N) is 1. The Bertz CT molecular complexity index is 653. The summed E-state index contributed by atoms with van der Waals surface area (Å²) in [5.41, 5.74) is -0.478. The molecule has 0 bridgehead atoms. The quantitative estimate of drug-likeness (QED) is 0.858. The van der Waals surface area contributed by atoms with Crippen LogP contribution < -0.4 is 5.56 Å². The first kappa shape index (κ1) is 12.3. The van der Waals surface area contributed by atoms with Gasteiger partial charge in [-0.15, -0.1) is 11.3 Å². The maximum atomic E-state index is 12.1. The smallest absolute Gasteiger partial charge is 0.323 e. The zero-order chi connectivity index (χ0) is 12.6. The summed E-state index contributed by atoms with van der Waals surface area (Å²) in [7, 11) is 0. The fourth-order valence-electron chi connectivity index (χ4n) is 1.42. The number of aromatic nitrogens is 2. The second kappa shape index (κ2) is 4.26. The van der Waals surface area contributed by atoms with Crippen LogP contribution in [0.2, 0.25) is 0 Å². The molecule has 2 rings (SSSR count). The monoisotopic (exact) mass is 280 g/mol. The Balaban J connectivity index is 2.47. The number of rotatable bonds is 2. The fourth-order valence-corrected chi connectivity index (χ4v) is 2.54. The van der Waals surface area contributed by atoms with Gasteiger partial charge in [-0.25, -0.2) is 0 Å². The van der Waals surface area contributed by atoms with E-state index in [-0.39, 0.29) is 4.77 Å². The molecule has 2 aromatic heterocycles. The van der Waals surface area contributed by atoms with Crippen molar-refractivity contribution in [3.63, 3.8) is 0 Å². The molecule has 0 saturated heterocycles. The highest BCUT2D eigenvalue weighted by molar-refractivity contribution is 7.71. The summed E-state index contributed by atoms with van der Waals surface area (Å²) in [6.07, 6.45) is -5.37. The standard InChI is InChI=1S/C9H7F3N2OS2/c10-9(11,12)2-3-14-7(15)5-1-4-17-6(5)13-8(14)16/h1,4H,2-3H2,(H,13,16). The van der Waals surface area contributed by atoms with E-state index in [9.17, 15) is 18.0 Å². The van der Waals surface area contributed by atoms with Crippen LogP contribution in [-0.2, 0) is 6.54 Å². The number of aromatic amines is 1. The highest BCUT2D eigenvalue weighted by atomic mass is 32.1. The summed E-state index contributed by atoms with van der Waals surface area (Å²) in [4.78, 5) is 15.2. The fraction of sp³-hybridized carbons (Fsp3) is 0.333. The maximum Gasteiger partial charge on any atom is 0.390 e. The Morgan fingerprint density at radius 1 is 1.47 bits per heavy atom. The minimum absolute atomic E-state index is 0.0224. The second-order valence-corrected chi connectivity index (χ2v) is 4.72. The first-order valence-corrected chi connectivity index (χ1v) is 5.94. The third-order valence-corrected chi connectivity index (χ3v) is 3.38. The minimum atomic E-state index is -4.30. The van der Waals surface area contributed by atoms with E-state index in [1.807, 2.05) is 0 Å². The van der Waals surface area contributed by atoms with Crippen LogP contribution in [0.25, 0.3) is 10.2 Å². The van der Waals surface area contributed by atoms with Crippen molar-refractivity contribution in [2.75, 3.05) is 0 Å². The molecule has 2 aromatic rings. The van der Waals surface area contributed by atoms with Crippen LogP contribution >= 0.6 is 23.6 Å². The molecule has 3 nitrogen and oxygen atoms in total. The molecule has 0 aromatic carbocycles. The third kappa shape index (κ3) is 2.58. The highest BCUT2D eigenvalue weighted by Crippen LogP contribution is 2.20. The topological polar surface area (TPSA) is 37.8 Å². The lowest BCUT2D eigenvalue weighted by Crippen LogP contribution is -2.24. The third-order valence-electron chi connectivity index (χ3n) is 2.23. The molecule has 0 aliphatic carbocycles. The number of fused-ring (bicyclic) bond motifs is 1. The van der Waals surface area contributed by atoms with E-state index < -0.39 is 24.7 Å². The van der Waals surface area contributed by atoms with Crippen LogP contribution in [0.3, 0.4) is 0 Å². The van der Waals surface area contributed by atoms with Crippen LogP contribution in [0, 0.1) is 4.77 Å². The number of nitrogens with zero attached hydrogens (tertiary/aromatic N) is 1. The summed E-state index contributed by atoms with van der Waals surface area (Å²) in [6.45, 7) is -0.455. The van der Waals surface area contributed by atoms with Crippen molar-refractivity contribution in [1.29, 1.82) is 0 Å². The molecule has 1 N–H and O–H groups in total. The molecule has 0 radical (unpaired) electrons. The number of H-pyrrole nitrogens is 1. The summed E-state index contributed by atoms with van der Waals surface area (Å²) in [6, 6.07) is 1.57. The number of hydrogen-bond acceptors (Lipinski definition) is 3. The highest BCUT2D eigenvalue weighted by Gasteiger charge is 2.27. The van der Waals surface area contributed by atoms with E-state index in [0.717, 1.165) is 4.57 Å². The van der Waals surface area contributed by atoms with Crippen molar-refractivity contribution < 1.29 is 13.2 Å². The molecule has 0 unspecified atom stereocenters. The van der Waals surface area contributed by atoms with E-state index in [0.29, 0.717) is 10.2 Å². The lowest BCUT2D eigenvalue weighted by molar-refractivity contribution is -0.136. The summed E-state index contributed by atoms with van der Waals surface area (Å²) < 4.78 is 37.3. The zero-order valence-corrected chi connectivity index (χ0v) is 10.0. The molecule has 2 heterocycles. The van der Waals surface area contributed by atoms with Gasteiger partial charge in [-0.05, 0) is 23.7 Å². The molecule has 0 aliphatic rings. The van der Waals surface area contributed by atoms with Gasteiger partial charge in [0.05, 0.1) is 11.8 Å². The first-order chi connectivity index (χ1) is 7.88. The van der Waals surface area contributed by atoms with E-state index >= 15 is 0 Å². The lowest BCUT2D eigenvalue weighted by Gasteiger charge is -2.08. The minimum Gasteiger partial charge on any atom is -0.323 e. The van der Waals surface area contributed by atoms with E-state index in [4.69, 9.17) is 12.2 Å². The van der Waals surface area contributed by atoms with Gasteiger partial charge in [-0.1, -0.05) is 0 Å². The van der Waals surface area contributed by atoms with Crippen molar-refractivity contribution in [1.82, 2.24) is 9.55 Å². The second-order valence-electron chi connectivity index (χ2n) is 3.42.